The van der Waals surface area contributed by atoms with Crippen molar-refractivity contribution < 1.29 is 19.1 Å². The van der Waals surface area contributed by atoms with Gasteiger partial charge >= 0.3 is 6.09 Å². The maximum absolute atomic E-state index is 14.3. The van der Waals surface area contributed by atoms with E-state index in [0.717, 1.165) is 48.8 Å². The van der Waals surface area contributed by atoms with Crippen LogP contribution in [-0.2, 0) is 20.7 Å². The van der Waals surface area contributed by atoms with Gasteiger partial charge in [-0.05, 0) is 57.2 Å². The summed E-state index contributed by atoms with van der Waals surface area (Å²) in [5.74, 6) is -0.518. The van der Waals surface area contributed by atoms with Crippen LogP contribution >= 0.6 is 0 Å². The molecule has 0 aliphatic heterocycles. The number of carbonyl (C=O) groups excluding carboxylic acids is 3. The van der Waals surface area contributed by atoms with Crippen molar-refractivity contribution in [2.45, 2.75) is 97.8 Å². The summed E-state index contributed by atoms with van der Waals surface area (Å²) in [6, 6.07) is 15.5. The highest BCUT2D eigenvalue weighted by atomic mass is 16.6. The van der Waals surface area contributed by atoms with Crippen LogP contribution in [-0.4, -0.2) is 47.5 Å². The fourth-order valence-electron chi connectivity index (χ4n) is 4.42. The first kappa shape index (κ1) is 31.9. The minimum absolute atomic E-state index is 0.208. The van der Waals surface area contributed by atoms with Crippen LogP contribution in [0.4, 0.5) is 4.79 Å². The van der Waals surface area contributed by atoms with E-state index in [-0.39, 0.29) is 18.2 Å². The third-order valence-corrected chi connectivity index (χ3v) is 6.43. The molecule has 0 bridgehead atoms. The molecule has 0 aromatic heterocycles. The minimum Gasteiger partial charge on any atom is -0.444 e. The first-order valence-electron chi connectivity index (χ1n) is 14.2. The number of ether oxygens (including phenoxy) is 1. The zero-order valence-corrected chi connectivity index (χ0v) is 24.6. The Balaban J connectivity index is 2.49. The average Bonchev–Trinajstić information content (AvgIpc) is 2.88. The van der Waals surface area contributed by atoms with E-state index in [1.807, 2.05) is 61.5 Å². The minimum atomic E-state index is -0.904. The van der Waals surface area contributed by atoms with E-state index in [0.29, 0.717) is 13.1 Å². The molecule has 2 atom stereocenters. The van der Waals surface area contributed by atoms with Crippen LogP contribution in [0.1, 0.15) is 89.5 Å². The van der Waals surface area contributed by atoms with Crippen LogP contribution in [0.3, 0.4) is 0 Å². The second kappa shape index (κ2) is 15.9. The summed E-state index contributed by atoms with van der Waals surface area (Å²) < 4.78 is 5.50. The highest BCUT2D eigenvalue weighted by Gasteiger charge is 2.36. The van der Waals surface area contributed by atoms with Gasteiger partial charge in [0.2, 0.25) is 11.8 Å². The standard InChI is InChI=1S/C32H47N3O4/c1-7-9-16-21-33-29(36)28(26-20-15-14-17-24(26)3)35(22-10-8-2)30(37)27(23-25-18-12-11-13-19-25)34-31(38)39-32(4,5)6/h11-15,17-20,27-28H,7-10,16,21-23H2,1-6H3,(H,33,36)(H,34,38). The maximum Gasteiger partial charge on any atom is 0.408 e. The van der Waals surface area contributed by atoms with Crippen molar-refractivity contribution in [3.8, 4) is 0 Å². The van der Waals surface area contributed by atoms with Crippen LogP contribution in [0.15, 0.2) is 54.6 Å². The number of alkyl carbamates (subject to hydrolysis) is 1. The second-order valence-corrected chi connectivity index (χ2v) is 11.0. The smallest absolute Gasteiger partial charge is 0.408 e. The lowest BCUT2D eigenvalue weighted by Gasteiger charge is -2.35. The molecule has 39 heavy (non-hydrogen) atoms. The highest BCUT2D eigenvalue weighted by molar-refractivity contribution is 5.92. The quantitative estimate of drug-likeness (QED) is 0.285. The van der Waals surface area contributed by atoms with Crippen LogP contribution in [0.2, 0.25) is 0 Å². The Morgan fingerprint density at radius 3 is 2.15 bits per heavy atom. The Bertz CT molecular complexity index is 1050. The van der Waals surface area contributed by atoms with E-state index in [4.69, 9.17) is 4.74 Å². The predicted molar refractivity (Wildman–Crippen MR) is 156 cm³/mol. The fraction of sp³-hybridized carbons (Fsp3) is 0.531. The van der Waals surface area contributed by atoms with Gasteiger partial charge in [0.25, 0.3) is 0 Å². The van der Waals surface area contributed by atoms with Gasteiger partial charge < -0.3 is 20.3 Å². The van der Waals surface area contributed by atoms with E-state index < -0.39 is 23.8 Å². The Kier molecular flexibility index (Phi) is 13.0. The Labute approximate surface area is 234 Å². The number of nitrogens with one attached hydrogen (secondary N) is 2. The lowest BCUT2D eigenvalue weighted by atomic mass is 9.96. The molecular formula is C32H47N3O4. The summed E-state index contributed by atoms with van der Waals surface area (Å²) in [6.07, 6.45) is 4.14. The molecule has 2 rings (SSSR count). The molecule has 2 unspecified atom stereocenters. The van der Waals surface area contributed by atoms with Crippen LogP contribution in [0, 0.1) is 6.92 Å². The first-order chi connectivity index (χ1) is 18.6. The molecule has 0 heterocycles. The van der Waals surface area contributed by atoms with Gasteiger partial charge in [0, 0.05) is 19.5 Å². The number of hydrogen-bond acceptors (Lipinski definition) is 4. The molecule has 0 saturated carbocycles. The highest BCUT2D eigenvalue weighted by Crippen LogP contribution is 2.26. The largest absolute Gasteiger partial charge is 0.444 e. The lowest BCUT2D eigenvalue weighted by Crippen LogP contribution is -2.54. The van der Waals surface area contributed by atoms with Crippen LogP contribution in [0.25, 0.3) is 0 Å². The summed E-state index contributed by atoms with van der Waals surface area (Å²) >= 11 is 0. The Hall–Kier alpha value is -3.35. The van der Waals surface area contributed by atoms with Gasteiger partial charge in [0.15, 0.2) is 0 Å². The van der Waals surface area contributed by atoms with E-state index in [1.54, 1.807) is 25.7 Å². The number of benzene rings is 2. The van der Waals surface area contributed by atoms with E-state index >= 15 is 0 Å². The summed E-state index contributed by atoms with van der Waals surface area (Å²) in [7, 11) is 0. The van der Waals surface area contributed by atoms with Crippen molar-refractivity contribution in [2.75, 3.05) is 13.1 Å². The number of amides is 3. The van der Waals surface area contributed by atoms with Crippen molar-refractivity contribution >= 4 is 17.9 Å². The molecule has 0 spiro atoms. The number of carbonyl (C=O) groups is 3. The zero-order valence-electron chi connectivity index (χ0n) is 24.6. The number of rotatable bonds is 14. The van der Waals surface area contributed by atoms with Crippen molar-refractivity contribution in [2.24, 2.45) is 0 Å². The van der Waals surface area contributed by atoms with Crippen molar-refractivity contribution in [3.63, 3.8) is 0 Å². The lowest BCUT2D eigenvalue weighted by molar-refractivity contribution is -0.142. The van der Waals surface area contributed by atoms with Gasteiger partial charge in [-0.1, -0.05) is 87.7 Å². The third-order valence-electron chi connectivity index (χ3n) is 6.43. The second-order valence-electron chi connectivity index (χ2n) is 11.0. The number of hydrogen-bond donors (Lipinski definition) is 2. The molecule has 0 saturated heterocycles. The van der Waals surface area contributed by atoms with Crippen molar-refractivity contribution in [1.29, 1.82) is 0 Å². The molecule has 0 aliphatic carbocycles. The van der Waals surface area contributed by atoms with Gasteiger partial charge in [0.1, 0.15) is 17.7 Å². The maximum atomic E-state index is 14.3. The zero-order chi connectivity index (χ0) is 28.8. The van der Waals surface area contributed by atoms with Gasteiger partial charge in [-0.15, -0.1) is 0 Å². The Morgan fingerprint density at radius 2 is 1.54 bits per heavy atom. The molecule has 214 valence electrons. The van der Waals surface area contributed by atoms with E-state index in [2.05, 4.69) is 24.5 Å². The molecule has 0 aliphatic rings. The van der Waals surface area contributed by atoms with Crippen molar-refractivity contribution in [3.05, 3.63) is 71.3 Å². The molecule has 2 N–H and O–H groups in total. The summed E-state index contributed by atoms with van der Waals surface area (Å²) in [5, 5.41) is 5.89. The monoisotopic (exact) mass is 537 g/mol. The summed E-state index contributed by atoms with van der Waals surface area (Å²) in [5.41, 5.74) is 1.90. The molecule has 2 aromatic rings. The average molecular weight is 538 g/mol. The molecule has 7 heteroatoms. The van der Waals surface area contributed by atoms with Gasteiger partial charge in [-0.2, -0.15) is 0 Å². The van der Waals surface area contributed by atoms with Crippen LogP contribution < -0.4 is 10.6 Å². The van der Waals surface area contributed by atoms with Gasteiger partial charge in [-0.25, -0.2) is 4.79 Å². The van der Waals surface area contributed by atoms with Gasteiger partial charge in [0.05, 0.1) is 0 Å². The third kappa shape index (κ3) is 10.7. The Morgan fingerprint density at radius 1 is 0.897 bits per heavy atom. The van der Waals surface area contributed by atoms with Gasteiger partial charge in [-0.3, -0.25) is 9.59 Å². The molecule has 0 fully saturated rings. The molecular weight excluding hydrogens is 490 g/mol. The first-order valence-corrected chi connectivity index (χ1v) is 14.2. The topological polar surface area (TPSA) is 87.7 Å². The van der Waals surface area contributed by atoms with Crippen LogP contribution in [0.5, 0.6) is 0 Å². The molecule has 2 aromatic carbocycles. The SMILES string of the molecule is CCCCCNC(=O)C(c1ccccc1C)N(CCCC)C(=O)C(Cc1ccccc1)NC(=O)OC(C)(C)C. The predicted octanol–water partition coefficient (Wildman–Crippen LogP) is 6.11. The molecule has 7 nitrogen and oxygen atoms in total. The molecule has 3 amide bonds. The number of nitrogens with zero attached hydrogens (tertiary/aromatic N) is 1. The number of unbranched alkanes of at least 4 members (excludes halogenated alkanes) is 3. The van der Waals surface area contributed by atoms with E-state index in [1.165, 1.54) is 0 Å². The molecule has 0 radical (unpaired) electrons. The summed E-state index contributed by atoms with van der Waals surface area (Å²) in [4.78, 5) is 42.6. The number of aryl methyl sites for hydroxylation is 1. The fourth-order valence-corrected chi connectivity index (χ4v) is 4.42. The normalized spacial score (nSPS) is 12.8. The summed E-state index contributed by atoms with van der Waals surface area (Å²) in [6.45, 7) is 12.4. The van der Waals surface area contributed by atoms with Crippen molar-refractivity contribution in [1.82, 2.24) is 15.5 Å². The van der Waals surface area contributed by atoms with E-state index in [9.17, 15) is 14.4 Å².